The predicted octanol–water partition coefficient (Wildman–Crippen LogP) is 4.50. The number of hydrogen-bond donors (Lipinski definition) is 1. The van der Waals surface area contributed by atoms with Crippen molar-refractivity contribution in [1.29, 1.82) is 0 Å². The molecule has 2 nitrogen and oxygen atoms in total. The zero-order chi connectivity index (χ0) is 13.2. The molecule has 0 saturated carbocycles. The van der Waals surface area contributed by atoms with Gasteiger partial charge in [0.25, 0.3) is 0 Å². The van der Waals surface area contributed by atoms with Crippen molar-refractivity contribution in [3.8, 4) is 0 Å². The summed E-state index contributed by atoms with van der Waals surface area (Å²) in [4.78, 5) is 0. The van der Waals surface area contributed by atoms with Crippen molar-refractivity contribution in [2.75, 3.05) is 7.05 Å². The van der Waals surface area contributed by atoms with Gasteiger partial charge in [-0.25, -0.2) is 0 Å². The molecule has 3 heteroatoms. The van der Waals surface area contributed by atoms with Gasteiger partial charge in [0.1, 0.15) is 5.76 Å². The molecule has 19 heavy (non-hydrogen) atoms. The van der Waals surface area contributed by atoms with E-state index in [0.717, 1.165) is 10.2 Å². The summed E-state index contributed by atoms with van der Waals surface area (Å²) in [7, 11) is 1.95. The van der Waals surface area contributed by atoms with E-state index in [0.29, 0.717) is 0 Å². The van der Waals surface area contributed by atoms with Crippen LogP contribution in [0.2, 0.25) is 0 Å². The third-order valence-electron chi connectivity index (χ3n) is 3.33. The van der Waals surface area contributed by atoms with Gasteiger partial charge in [0.15, 0.2) is 0 Å². The minimum Gasteiger partial charge on any atom is -0.466 e. The zero-order valence-corrected chi connectivity index (χ0v) is 12.1. The van der Waals surface area contributed by atoms with Crippen molar-refractivity contribution in [2.45, 2.75) is 6.04 Å². The van der Waals surface area contributed by atoms with Crippen LogP contribution in [0, 0.1) is 0 Å². The molecule has 1 atom stereocenters. The van der Waals surface area contributed by atoms with E-state index < -0.39 is 0 Å². The first kappa shape index (κ1) is 12.5. The van der Waals surface area contributed by atoms with Gasteiger partial charge in [-0.1, -0.05) is 42.5 Å². The van der Waals surface area contributed by atoms with Crippen molar-refractivity contribution >= 4 is 26.7 Å². The maximum absolute atomic E-state index is 5.61. The Hall–Kier alpha value is -1.58. The Morgan fingerprint density at radius 1 is 1.05 bits per heavy atom. The van der Waals surface area contributed by atoms with E-state index in [9.17, 15) is 0 Å². The number of nitrogens with one attached hydrogen (secondary N) is 1. The molecule has 1 aromatic heterocycles. The van der Waals surface area contributed by atoms with Crippen LogP contribution in [0.15, 0.2) is 63.7 Å². The monoisotopic (exact) mass is 315 g/mol. The van der Waals surface area contributed by atoms with Gasteiger partial charge in [-0.3, -0.25) is 0 Å². The largest absolute Gasteiger partial charge is 0.466 e. The highest BCUT2D eigenvalue weighted by molar-refractivity contribution is 9.10. The summed E-state index contributed by atoms with van der Waals surface area (Å²) < 4.78 is 6.60. The number of rotatable bonds is 3. The molecule has 1 unspecified atom stereocenters. The van der Waals surface area contributed by atoms with Gasteiger partial charge in [-0.2, -0.15) is 0 Å². The molecule has 0 aliphatic carbocycles. The molecule has 0 spiro atoms. The Morgan fingerprint density at radius 3 is 2.58 bits per heavy atom. The predicted molar refractivity (Wildman–Crippen MR) is 81.3 cm³/mol. The fourth-order valence-corrected chi connectivity index (χ4v) is 2.87. The molecule has 0 amide bonds. The minimum atomic E-state index is 0.0375. The first-order valence-electron chi connectivity index (χ1n) is 6.19. The Morgan fingerprint density at radius 2 is 1.84 bits per heavy atom. The van der Waals surface area contributed by atoms with E-state index in [1.807, 2.05) is 13.1 Å². The van der Waals surface area contributed by atoms with Gasteiger partial charge >= 0.3 is 0 Å². The van der Waals surface area contributed by atoms with Crippen LogP contribution < -0.4 is 5.32 Å². The van der Waals surface area contributed by atoms with Gasteiger partial charge in [0, 0.05) is 0 Å². The molecule has 3 aromatic rings. The molecule has 0 aliphatic rings. The number of furan rings is 1. The summed E-state index contributed by atoms with van der Waals surface area (Å²) in [6.45, 7) is 0. The summed E-state index contributed by atoms with van der Waals surface area (Å²) in [5.74, 6) is 0.902. The molecule has 0 saturated heterocycles. The van der Waals surface area contributed by atoms with Gasteiger partial charge in [-0.05, 0) is 45.4 Å². The zero-order valence-electron chi connectivity index (χ0n) is 10.6. The lowest BCUT2D eigenvalue weighted by Crippen LogP contribution is -2.17. The second-order valence-corrected chi connectivity index (χ2v) is 5.28. The van der Waals surface area contributed by atoms with Gasteiger partial charge in [0.2, 0.25) is 0 Å². The lowest BCUT2D eigenvalue weighted by Gasteiger charge is -2.17. The highest BCUT2D eigenvalue weighted by atomic mass is 79.9. The molecule has 0 fully saturated rings. The van der Waals surface area contributed by atoms with Crippen LogP contribution in [-0.2, 0) is 0 Å². The van der Waals surface area contributed by atoms with Crippen molar-refractivity contribution < 1.29 is 4.42 Å². The van der Waals surface area contributed by atoms with E-state index in [-0.39, 0.29) is 6.04 Å². The van der Waals surface area contributed by atoms with Crippen LogP contribution in [0.4, 0.5) is 0 Å². The molecule has 1 N–H and O–H groups in total. The number of hydrogen-bond acceptors (Lipinski definition) is 2. The number of fused-ring (bicyclic) bond motifs is 1. The smallest absolute Gasteiger partial charge is 0.139 e. The molecule has 2 aromatic carbocycles. The van der Waals surface area contributed by atoms with Crippen LogP contribution in [0.1, 0.15) is 17.4 Å². The summed E-state index contributed by atoms with van der Waals surface area (Å²) in [6, 6.07) is 16.7. The summed E-state index contributed by atoms with van der Waals surface area (Å²) in [6.07, 6.45) is 1.70. The Kier molecular flexibility index (Phi) is 3.40. The van der Waals surface area contributed by atoms with Crippen molar-refractivity contribution in [3.63, 3.8) is 0 Å². The maximum atomic E-state index is 5.61. The lowest BCUT2D eigenvalue weighted by atomic mass is 9.97. The van der Waals surface area contributed by atoms with Crippen LogP contribution in [0.25, 0.3) is 10.8 Å². The fraction of sp³-hybridized carbons (Fsp3) is 0.125. The summed E-state index contributed by atoms with van der Waals surface area (Å²) in [5, 5.41) is 5.81. The maximum Gasteiger partial charge on any atom is 0.139 e. The van der Waals surface area contributed by atoms with E-state index in [4.69, 9.17) is 4.42 Å². The van der Waals surface area contributed by atoms with E-state index in [2.05, 4.69) is 63.7 Å². The van der Waals surface area contributed by atoms with Crippen LogP contribution in [0.3, 0.4) is 0 Å². The Labute approximate surface area is 120 Å². The van der Waals surface area contributed by atoms with Crippen LogP contribution in [0.5, 0.6) is 0 Å². The van der Waals surface area contributed by atoms with Crippen molar-refractivity contribution in [3.05, 3.63) is 70.6 Å². The summed E-state index contributed by atoms with van der Waals surface area (Å²) in [5.41, 5.74) is 1.22. The van der Waals surface area contributed by atoms with Gasteiger partial charge < -0.3 is 9.73 Å². The first-order chi connectivity index (χ1) is 9.31. The molecular weight excluding hydrogens is 302 g/mol. The van der Waals surface area contributed by atoms with Crippen LogP contribution >= 0.6 is 15.9 Å². The minimum absolute atomic E-state index is 0.0375. The molecule has 1 heterocycles. The highest BCUT2D eigenvalue weighted by Crippen LogP contribution is 2.33. The topological polar surface area (TPSA) is 25.2 Å². The van der Waals surface area contributed by atoms with Crippen molar-refractivity contribution in [1.82, 2.24) is 5.32 Å². The SMILES string of the molecule is CNC(c1occc1Br)c1cccc2ccccc12. The fourth-order valence-electron chi connectivity index (χ4n) is 2.44. The number of halogens is 1. The molecule has 3 rings (SSSR count). The van der Waals surface area contributed by atoms with Crippen LogP contribution in [-0.4, -0.2) is 7.05 Å². The quantitative estimate of drug-likeness (QED) is 0.769. The van der Waals surface area contributed by atoms with Crippen molar-refractivity contribution in [2.24, 2.45) is 0 Å². The number of benzene rings is 2. The molecular formula is C16H14BrNO. The normalized spacial score (nSPS) is 12.7. The third-order valence-corrected chi connectivity index (χ3v) is 3.99. The average molecular weight is 316 g/mol. The molecule has 0 bridgehead atoms. The Bertz CT molecular complexity index is 699. The second-order valence-electron chi connectivity index (χ2n) is 4.42. The average Bonchev–Trinajstić information content (AvgIpc) is 2.86. The lowest BCUT2D eigenvalue weighted by molar-refractivity contribution is 0.462. The second kappa shape index (κ2) is 5.19. The summed E-state index contributed by atoms with van der Waals surface area (Å²) >= 11 is 3.54. The first-order valence-corrected chi connectivity index (χ1v) is 6.98. The molecule has 0 aliphatic heterocycles. The van der Waals surface area contributed by atoms with Gasteiger partial charge in [-0.15, -0.1) is 0 Å². The molecule has 0 radical (unpaired) electrons. The molecule has 96 valence electrons. The van der Waals surface area contributed by atoms with Gasteiger partial charge in [0.05, 0.1) is 16.8 Å². The highest BCUT2D eigenvalue weighted by Gasteiger charge is 2.19. The standard InChI is InChI=1S/C16H14BrNO/c1-18-15(16-14(17)9-10-19-16)13-8-4-6-11-5-2-3-7-12(11)13/h2-10,15,18H,1H3. The van der Waals surface area contributed by atoms with E-state index in [1.165, 1.54) is 16.3 Å². The Balaban J connectivity index is 2.20. The van der Waals surface area contributed by atoms with E-state index in [1.54, 1.807) is 6.26 Å². The third kappa shape index (κ3) is 2.20. The van der Waals surface area contributed by atoms with E-state index >= 15 is 0 Å².